The molecule has 2 amide bonds. The van der Waals surface area contributed by atoms with Gasteiger partial charge in [-0.15, -0.1) is 0 Å². The lowest BCUT2D eigenvalue weighted by molar-refractivity contribution is -0.129. The van der Waals surface area contributed by atoms with E-state index in [1.807, 2.05) is 0 Å². The fraction of sp³-hybridized carbons (Fsp3) is 0.529. The quantitative estimate of drug-likeness (QED) is 0.787. The van der Waals surface area contributed by atoms with Gasteiger partial charge in [-0.2, -0.15) is 0 Å². The van der Waals surface area contributed by atoms with Crippen LogP contribution in [0.15, 0.2) is 24.3 Å². The Morgan fingerprint density at radius 3 is 2.73 bits per heavy atom. The fourth-order valence-corrected chi connectivity index (χ4v) is 2.64. The van der Waals surface area contributed by atoms with E-state index in [1.165, 1.54) is 12.1 Å². The van der Waals surface area contributed by atoms with Crippen molar-refractivity contribution in [1.82, 2.24) is 10.2 Å². The summed E-state index contributed by atoms with van der Waals surface area (Å²) in [6.07, 6.45) is 3.45. The second kappa shape index (κ2) is 7.92. The smallest absolute Gasteiger partial charge is 0.225 e. The highest BCUT2D eigenvalue weighted by Gasteiger charge is 2.33. The van der Waals surface area contributed by atoms with Gasteiger partial charge in [0.25, 0.3) is 0 Å². The average molecular weight is 306 g/mol. The van der Waals surface area contributed by atoms with Gasteiger partial charge < -0.3 is 10.2 Å². The van der Waals surface area contributed by atoms with Gasteiger partial charge in [0.15, 0.2) is 0 Å². The average Bonchev–Trinajstić information content (AvgIpc) is 2.87. The summed E-state index contributed by atoms with van der Waals surface area (Å²) in [5, 5.41) is 2.90. The summed E-state index contributed by atoms with van der Waals surface area (Å²) in [6.45, 7) is 3.66. The van der Waals surface area contributed by atoms with Gasteiger partial charge in [-0.3, -0.25) is 9.59 Å². The molecule has 5 heteroatoms. The van der Waals surface area contributed by atoms with Gasteiger partial charge in [0.2, 0.25) is 11.8 Å². The van der Waals surface area contributed by atoms with Gasteiger partial charge in [-0.1, -0.05) is 31.9 Å². The lowest BCUT2D eigenvalue weighted by Gasteiger charge is -2.16. The van der Waals surface area contributed by atoms with Gasteiger partial charge in [-0.05, 0) is 24.1 Å². The summed E-state index contributed by atoms with van der Waals surface area (Å²) in [4.78, 5) is 25.7. The first kappa shape index (κ1) is 16.5. The predicted octanol–water partition coefficient (Wildman–Crippen LogP) is 2.48. The highest BCUT2D eigenvalue weighted by Crippen LogP contribution is 2.20. The summed E-state index contributed by atoms with van der Waals surface area (Å²) in [6, 6.07) is 6.10. The van der Waals surface area contributed by atoms with Crippen LogP contribution in [0, 0.1) is 11.7 Å². The van der Waals surface area contributed by atoms with E-state index in [-0.39, 0.29) is 30.0 Å². The van der Waals surface area contributed by atoms with Crippen molar-refractivity contribution >= 4 is 11.8 Å². The highest BCUT2D eigenvalue weighted by molar-refractivity contribution is 5.89. The first-order chi connectivity index (χ1) is 10.6. The predicted molar refractivity (Wildman–Crippen MR) is 82.5 cm³/mol. The minimum atomic E-state index is -0.291. The van der Waals surface area contributed by atoms with Gasteiger partial charge in [0.05, 0.1) is 5.92 Å². The van der Waals surface area contributed by atoms with Crippen LogP contribution >= 0.6 is 0 Å². The number of halogens is 1. The van der Waals surface area contributed by atoms with Crippen LogP contribution in [0.3, 0.4) is 0 Å². The number of nitrogens with one attached hydrogen (secondary N) is 1. The monoisotopic (exact) mass is 306 g/mol. The molecule has 1 aliphatic rings. The van der Waals surface area contributed by atoms with Crippen molar-refractivity contribution in [2.24, 2.45) is 5.92 Å². The molecule has 0 saturated carbocycles. The first-order valence-electron chi connectivity index (χ1n) is 7.90. The van der Waals surface area contributed by atoms with E-state index in [2.05, 4.69) is 12.2 Å². The molecule has 1 aromatic carbocycles. The number of carbonyl (C=O) groups excluding carboxylic acids is 2. The number of rotatable bonds is 7. The van der Waals surface area contributed by atoms with Crippen LogP contribution in [0.2, 0.25) is 0 Å². The topological polar surface area (TPSA) is 49.4 Å². The number of hydrogen-bond acceptors (Lipinski definition) is 2. The molecule has 0 bridgehead atoms. The fourth-order valence-electron chi connectivity index (χ4n) is 2.64. The van der Waals surface area contributed by atoms with Crippen LogP contribution in [-0.2, 0) is 16.1 Å². The van der Waals surface area contributed by atoms with Crippen molar-refractivity contribution in [2.75, 3.05) is 13.1 Å². The number of carbonyl (C=O) groups is 2. The molecule has 1 aliphatic heterocycles. The molecular weight excluding hydrogens is 283 g/mol. The van der Waals surface area contributed by atoms with Gasteiger partial charge >= 0.3 is 0 Å². The standard InChI is InChI=1S/C17H23FN2O2/c1-2-3-4-9-19-17(22)14-10-16(21)20(12-14)11-13-5-7-15(18)8-6-13/h5-8,14H,2-4,9-12H2,1H3,(H,19,22). The van der Waals surface area contributed by atoms with E-state index >= 15 is 0 Å². The lowest BCUT2D eigenvalue weighted by atomic mass is 10.1. The molecule has 1 fully saturated rings. The molecule has 120 valence electrons. The van der Waals surface area contributed by atoms with Crippen molar-refractivity contribution in [2.45, 2.75) is 39.2 Å². The zero-order valence-corrected chi connectivity index (χ0v) is 13.0. The maximum atomic E-state index is 12.9. The molecule has 1 unspecified atom stereocenters. The van der Waals surface area contributed by atoms with Crippen LogP contribution in [0.4, 0.5) is 4.39 Å². The van der Waals surface area contributed by atoms with Gasteiger partial charge in [0, 0.05) is 26.1 Å². The Labute approximate surface area is 130 Å². The van der Waals surface area contributed by atoms with Crippen LogP contribution in [0.1, 0.15) is 38.2 Å². The third-order valence-electron chi connectivity index (χ3n) is 3.95. The number of benzene rings is 1. The number of amides is 2. The summed E-state index contributed by atoms with van der Waals surface area (Å²) >= 11 is 0. The summed E-state index contributed by atoms with van der Waals surface area (Å²) < 4.78 is 12.9. The number of nitrogens with zero attached hydrogens (tertiary/aromatic N) is 1. The van der Waals surface area contributed by atoms with E-state index in [4.69, 9.17) is 0 Å². The Morgan fingerprint density at radius 1 is 1.32 bits per heavy atom. The van der Waals surface area contributed by atoms with Crippen molar-refractivity contribution < 1.29 is 14.0 Å². The van der Waals surface area contributed by atoms with E-state index in [1.54, 1.807) is 17.0 Å². The van der Waals surface area contributed by atoms with Crippen LogP contribution in [0.5, 0.6) is 0 Å². The van der Waals surface area contributed by atoms with Crippen molar-refractivity contribution in [1.29, 1.82) is 0 Å². The number of unbranched alkanes of at least 4 members (excludes halogenated alkanes) is 2. The Bertz CT molecular complexity index is 516. The van der Waals surface area contributed by atoms with Gasteiger partial charge in [0.1, 0.15) is 5.82 Å². The van der Waals surface area contributed by atoms with Crippen molar-refractivity contribution in [3.05, 3.63) is 35.6 Å². The van der Waals surface area contributed by atoms with E-state index in [9.17, 15) is 14.0 Å². The summed E-state index contributed by atoms with van der Waals surface area (Å²) in [5.41, 5.74) is 0.874. The first-order valence-corrected chi connectivity index (χ1v) is 7.90. The van der Waals surface area contributed by atoms with E-state index in [0.717, 1.165) is 24.8 Å². The summed E-state index contributed by atoms with van der Waals surface area (Å²) in [5.74, 6) is -0.612. The summed E-state index contributed by atoms with van der Waals surface area (Å²) in [7, 11) is 0. The molecular formula is C17H23FN2O2. The molecule has 1 heterocycles. The van der Waals surface area contributed by atoms with Crippen molar-refractivity contribution in [3.8, 4) is 0 Å². The Kier molecular flexibility index (Phi) is 5.92. The largest absolute Gasteiger partial charge is 0.356 e. The Morgan fingerprint density at radius 2 is 2.05 bits per heavy atom. The van der Waals surface area contributed by atoms with Crippen LogP contribution < -0.4 is 5.32 Å². The molecule has 22 heavy (non-hydrogen) atoms. The molecule has 2 rings (SSSR count). The molecule has 1 saturated heterocycles. The molecule has 1 N–H and O–H groups in total. The van der Waals surface area contributed by atoms with E-state index < -0.39 is 0 Å². The molecule has 0 spiro atoms. The Hall–Kier alpha value is -1.91. The lowest BCUT2D eigenvalue weighted by Crippen LogP contribution is -2.33. The minimum absolute atomic E-state index is 0.0157. The van der Waals surface area contributed by atoms with Crippen molar-refractivity contribution in [3.63, 3.8) is 0 Å². The zero-order valence-electron chi connectivity index (χ0n) is 13.0. The maximum absolute atomic E-state index is 12.9. The third kappa shape index (κ3) is 4.55. The van der Waals surface area contributed by atoms with E-state index in [0.29, 0.717) is 19.6 Å². The second-order valence-electron chi connectivity index (χ2n) is 5.80. The third-order valence-corrected chi connectivity index (χ3v) is 3.95. The Balaban J connectivity index is 1.82. The van der Waals surface area contributed by atoms with Crippen LogP contribution in [-0.4, -0.2) is 29.8 Å². The second-order valence-corrected chi connectivity index (χ2v) is 5.80. The molecule has 4 nitrogen and oxygen atoms in total. The minimum Gasteiger partial charge on any atom is -0.356 e. The maximum Gasteiger partial charge on any atom is 0.225 e. The number of likely N-dealkylation sites (tertiary alicyclic amines) is 1. The molecule has 0 aliphatic carbocycles. The zero-order chi connectivity index (χ0) is 15.9. The SMILES string of the molecule is CCCCCNC(=O)C1CC(=O)N(Cc2ccc(F)cc2)C1. The number of hydrogen-bond donors (Lipinski definition) is 1. The molecule has 1 atom stereocenters. The molecule has 0 radical (unpaired) electrons. The van der Waals surface area contributed by atoms with Gasteiger partial charge in [-0.25, -0.2) is 4.39 Å². The molecule has 1 aromatic rings. The normalized spacial score (nSPS) is 17.8. The van der Waals surface area contributed by atoms with Crippen LogP contribution in [0.25, 0.3) is 0 Å². The molecule has 0 aromatic heterocycles. The highest BCUT2D eigenvalue weighted by atomic mass is 19.1.